The predicted molar refractivity (Wildman–Crippen MR) is 97.3 cm³/mol. The number of aromatic nitrogens is 1. The summed E-state index contributed by atoms with van der Waals surface area (Å²) in [6.45, 7) is 6.39. The Morgan fingerprint density at radius 1 is 1.36 bits per heavy atom. The molecule has 1 saturated heterocycles. The maximum atomic E-state index is 11.5. The highest BCUT2D eigenvalue weighted by Gasteiger charge is 2.45. The van der Waals surface area contributed by atoms with E-state index in [2.05, 4.69) is 41.9 Å². The standard InChI is InChI=1S/C21H24N2O2/c1-12-3-4-19-17(7-12)15-5-6-23-9-18-13(2)25-11-14(10-24)16(18)8-20(23)21(15)22-19/h3-4,7,10-11,13,16,18,20,22H,5-6,8-9H2,1-2H3/t13-,16+,18-,20-/m0/s1. The minimum absolute atomic E-state index is 0.182. The molecule has 1 N–H and O–H groups in total. The minimum Gasteiger partial charge on any atom is -0.498 e. The van der Waals surface area contributed by atoms with Crippen LogP contribution in [0.1, 0.15) is 36.2 Å². The van der Waals surface area contributed by atoms with Gasteiger partial charge in [0.05, 0.1) is 18.4 Å². The smallest absolute Gasteiger partial charge is 0.149 e. The number of aryl methyl sites for hydroxylation is 1. The lowest BCUT2D eigenvalue weighted by molar-refractivity contribution is -0.107. The summed E-state index contributed by atoms with van der Waals surface area (Å²) in [5.74, 6) is 0.719. The topological polar surface area (TPSA) is 45.3 Å². The van der Waals surface area contributed by atoms with Gasteiger partial charge in [0.1, 0.15) is 6.29 Å². The average Bonchev–Trinajstić information content (AvgIpc) is 2.99. The number of carbonyl (C=O) groups excluding carboxylic acids is 1. The molecular formula is C21H24N2O2. The third-order valence-corrected chi connectivity index (χ3v) is 6.54. The molecule has 3 aliphatic heterocycles. The summed E-state index contributed by atoms with van der Waals surface area (Å²) >= 11 is 0. The molecule has 1 aromatic carbocycles. The number of nitrogens with one attached hydrogen (secondary N) is 1. The van der Waals surface area contributed by atoms with Crippen molar-refractivity contribution in [3.63, 3.8) is 0 Å². The zero-order valence-electron chi connectivity index (χ0n) is 14.8. The van der Waals surface area contributed by atoms with Crippen LogP contribution in [0.2, 0.25) is 0 Å². The van der Waals surface area contributed by atoms with Crippen LogP contribution in [-0.2, 0) is 16.0 Å². The van der Waals surface area contributed by atoms with Crippen LogP contribution in [-0.4, -0.2) is 35.4 Å². The molecule has 0 aliphatic carbocycles. The number of ether oxygens (including phenoxy) is 1. The summed E-state index contributed by atoms with van der Waals surface area (Å²) in [7, 11) is 0. The lowest BCUT2D eigenvalue weighted by Crippen LogP contribution is -2.50. The van der Waals surface area contributed by atoms with Crippen LogP contribution < -0.4 is 0 Å². The Morgan fingerprint density at radius 2 is 2.24 bits per heavy atom. The number of rotatable bonds is 1. The number of piperidine rings is 1. The van der Waals surface area contributed by atoms with Gasteiger partial charge >= 0.3 is 0 Å². The summed E-state index contributed by atoms with van der Waals surface area (Å²) in [5, 5.41) is 1.38. The van der Waals surface area contributed by atoms with Crippen molar-refractivity contribution in [2.24, 2.45) is 11.8 Å². The Morgan fingerprint density at radius 3 is 3.08 bits per heavy atom. The fraction of sp³-hybridized carbons (Fsp3) is 0.476. The molecule has 25 heavy (non-hydrogen) atoms. The van der Waals surface area contributed by atoms with Gasteiger partial charge in [-0.1, -0.05) is 11.6 Å². The molecule has 3 aliphatic rings. The molecule has 0 spiro atoms. The summed E-state index contributed by atoms with van der Waals surface area (Å²) in [6, 6.07) is 7.06. The van der Waals surface area contributed by atoms with Gasteiger partial charge in [-0.3, -0.25) is 9.69 Å². The van der Waals surface area contributed by atoms with Gasteiger partial charge in [0, 0.05) is 41.2 Å². The summed E-state index contributed by atoms with van der Waals surface area (Å²) in [4.78, 5) is 17.8. The number of H-pyrrole nitrogens is 1. The van der Waals surface area contributed by atoms with E-state index < -0.39 is 0 Å². The van der Waals surface area contributed by atoms with Crippen LogP contribution in [0, 0.1) is 18.8 Å². The minimum atomic E-state index is 0.182. The molecule has 5 rings (SSSR count). The molecule has 0 amide bonds. The van der Waals surface area contributed by atoms with E-state index in [-0.39, 0.29) is 6.10 Å². The van der Waals surface area contributed by atoms with Crippen LogP contribution >= 0.6 is 0 Å². The van der Waals surface area contributed by atoms with Crippen molar-refractivity contribution in [1.29, 1.82) is 0 Å². The fourth-order valence-electron chi connectivity index (χ4n) is 5.18. The van der Waals surface area contributed by atoms with E-state index in [1.807, 2.05) is 0 Å². The molecular weight excluding hydrogens is 312 g/mol. The SMILES string of the molecule is Cc1ccc2[nH]c3c(c2c1)CCN1C[C@H]2[C@H](C)OC=C(C=O)[C@H]2C[C@@H]31. The van der Waals surface area contributed by atoms with Gasteiger partial charge in [-0.05, 0) is 50.3 Å². The molecule has 2 aromatic rings. The maximum absolute atomic E-state index is 11.5. The molecule has 4 heterocycles. The van der Waals surface area contributed by atoms with E-state index in [0.29, 0.717) is 17.9 Å². The quantitative estimate of drug-likeness (QED) is 0.811. The number of aldehydes is 1. The lowest BCUT2D eigenvalue weighted by atomic mass is 9.72. The van der Waals surface area contributed by atoms with Crippen molar-refractivity contribution in [3.05, 3.63) is 46.9 Å². The second-order valence-electron chi connectivity index (χ2n) is 7.91. The lowest BCUT2D eigenvalue weighted by Gasteiger charge is -2.49. The van der Waals surface area contributed by atoms with Gasteiger partial charge in [0.15, 0.2) is 0 Å². The van der Waals surface area contributed by atoms with Gasteiger partial charge in [0.25, 0.3) is 0 Å². The van der Waals surface area contributed by atoms with E-state index >= 15 is 0 Å². The highest BCUT2D eigenvalue weighted by atomic mass is 16.5. The zero-order chi connectivity index (χ0) is 17.1. The number of aromatic amines is 1. The Balaban J connectivity index is 1.57. The van der Waals surface area contributed by atoms with E-state index in [4.69, 9.17) is 4.74 Å². The molecule has 0 radical (unpaired) electrons. The largest absolute Gasteiger partial charge is 0.498 e. The second-order valence-corrected chi connectivity index (χ2v) is 7.91. The number of carbonyl (C=O) groups is 1. The van der Waals surface area contributed by atoms with Crippen molar-refractivity contribution < 1.29 is 9.53 Å². The molecule has 0 bridgehead atoms. The van der Waals surface area contributed by atoms with Crippen LogP contribution in [0.15, 0.2) is 30.0 Å². The first kappa shape index (κ1) is 15.2. The first-order valence-corrected chi connectivity index (χ1v) is 9.31. The first-order valence-electron chi connectivity index (χ1n) is 9.31. The summed E-state index contributed by atoms with van der Waals surface area (Å²) in [5.41, 5.74) is 6.24. The van der Waals surface area contributed by atoms with Gasteiger partial charge in [0.2, 0.25) is 0 Å². The van der Waals surface area contributed by atoms with Gasteiger partial charge in [-0.25, -0.2) is 0 Å². The molecule has 130 valence electrons. The average molecular weight is 336 g/mol. The number of hydrogen-bond acceptors (Lipinski definition) is 3. The number of allylic oxidation sites excluding steroid dienone is 1. The van der Waals surface area contributed by atoms with E-state index in [0.717, 1.165) is 37.8 Å². The maximum Gasteiger partial charge on any atom is 0.149 e. The normalized spacial score (nSPS) is 31.5. The second kappa shape index (κ2) is 5.46. The van der Waals surface area contributed by atoms with Crippen LogP contribution in [0.4, 0.5) is 0 Å². The van der Waals surface area contributed by atoms with Crippen molar-refractivity contribution in [2.45, 2.75) is 38.8 Å². The fourth-order valence-corrected chi connectivity index (χ4v) is 5.18. The summed E-state index contributed by atoms with van der Waals surface area (Å²) < 4.78 is 5.73. The molecule has 1 aromatic heterocycles. The van der Waals surface area contributed by atoms with Crippen molar-refractivity contribution >= 4 is 17.2 Å². The van der Waals surface area contributed by atoms with Gasteiger partial charge in [-0.2, -0.15) is 0 Å². The van der Waals surface area contributed by atoms with Crippen LogP contribution in [0.25, 0.3) is 10.9 Å². The van der Waals surface area contributed by atoms with Crippen LogP contribution in [0.5, 0.6) is 0 Å². The molecule has 1 fully saturated rings. The first-order chi connectivity index (χ1) is 12.2. The Bertz CT molecular complexity index is 881. The molecule has 0 unspecified atom stereocenters. The highest BCUT2D eigenvalue weighted by molar-refractivity contribution is 5.86. The van der Waals surface area contributed by atoms with Crippen molar-refractivity contribution in [3.8, 4) is 0 Å². The Kier molecular flexibility index (Phi) is 3.32. The number of nitrogens with zero attached hydrogens (tertiary/aromatic N) is 1. The zero-order valence-corrected chi connectivity index (χ0v) is 14.8. The van der Waals surface area contributed by atoms with E-state index in [9.17, 15) is 4.79 Å². The van der Waals surface area contributed by atoms with Crippen LogP contribution in [0.3, 0.4) is 0 Å². The molecule has 4 heteroatoms. The molecule has 4 nitrogen and oxygen atoms in total. The van der Waals surface area contributed by atoms with E-state index in [1.54, 1.807) is 6.26 Å². The predicted octanol–water partition coefficient (Wildman–Crippen LogP) is 3.51. The Hall–Kier alpha value is -2.07. The van der Waals surface area contributed by atoms with Gasteiger partial charge in [-0.15, -0.1) is 0 Å². The number of hydrogen-bond donors (Lipinski definition) is 1. The van der Waals surface area contributed by atoms with E-state index in [1.165, 1.54) is 27.7 Å². The molecule has 4 atom stereocenters. The number of benzene rings is 1. The van der Waals surface area contributed by atoms with Crippen molar-refractivity contribution in [1.82, 2.24) is 9.88 Å². The summed E-state index contributed by atoms with van der Waals surface area (Å²) in [6.07, 6.45) is 4.98. The monoisotopic (exact) mass is 336 g/mol. The Labute approximate surface area is 147 Å². The molecule has 0 saturated carbocycles. The third kappa shape index (κ3) is 2.20. The van der Waals surface area contributed by atoms with Crippen molar-refractivity contribution in [2.75, 3.05) is 13.1 Å². The third-order valence-electron chi connectivity index (χ3n) is 6.54. The highest BCUT2D eigenvalue weighted by Crippen LogP contribution is 2.47. The number of fused-ring (bicyclic) bond motifs is 6. The van der Waals surface area contributed by atoms with Gasteiger partial charge < -0.3 is 9.72 Å².